The molecule has 4 aliphatic rings. The van der Waals surface area contributed by atoms with Crippen molar-refractivity contribution >= 4 is 6.09 Å². The zero-order valence-corrected chi connectivity index (χ0v) is 21.8. The number of fused-ring (bicyclic) bond motifs is 4. The highest BCUT2D eigenvalue weighted by Gasteiger charge is 2.45. The van der Waals surface area contributed by atoms with Crippen molar-refractivity contribution in [3.63, 3.8) is 0 Å². The molecule has 0 saturated carbocycles. The van der Waals surface area contributed by atoms with Gasteiger partial charge in [-0.2, -0.15) is 0 Å². The molecule has 6 rings (SSSR count). The largest absolute Gasteiger partial charge is 0.445 e. The second-order valence-corrected chi connectivity index (χ2v) is 11.1. The summed E-state index contributed by atoms with van der Waals surface area (Å²) in [5, 5.41) is 3.34. The fraction of sp³-hybridized carbons (Fsp3) is 0.581. The van der Waals surface area contributed by atoms with Crippen molar-refractivity contribution in [1.82, 2.24) is 10.2 Å². The van der Waals surface area contributed by atoms with Gasteiger partial charge in [0.1, 0.15) is 6.10 Å². The third kappa shape index (κ3) is 4.87. The minimum Gasteiger partial charge on any atom is -0.445 e. The number of nitrogens with one attached hydrogen (secondary N) is 1. The van der Waals surface area contributed by atoms with Gasteiger partial charge in [-0.05, 0) is 97.2 Å². The number of carbonyl (C=O) groups is 1. The van der Waals surface area contributed by atoms with Crippen molar-refractivity contribution in [3.05, 3.63) is 59.2 Å². The van der Waals surface area contributed by atoms with E-state index in [1.165, 1.54) is 40.7 Å². The van der Waals surface area contributed by atoms with Crippen LogP contribution in [-0.2, 0) is 17.6 Å². The maximum absolute atomic E-state index is 13.1. The molecule has 3 aliphatic heterocycles. The molecule has 3 fully saturated rings. The molecule has 4 nitrogen and oxygen atoms in total. The van der Waals surface area contributed by atoms with E-state index in [2.05, 4.69) is 73.5 Å². The molecule has 1 amide bonds. The molecule has 4 heteroatoms. The maximum atomic E-state index is 13.1. The van der Waals surface area contributed by atoms with Crippen LogP contribution in [0.3, 0.4) is 0 Å². The molecule has 2 atom stereocenters. The second-order valence-electron chi connectivity index (χ2n) is 11.1. The molecule has 2 aromatic rings. The van der Waals surface area contributed by atoms with Crippen molar-refractivity contribution in [2.45, 2.75) is 84.3 Å². The summed E-state index contributed by atoms with van der Waals surface area (Å²) in [6, 6.07) is 15.9. The lowest BCUT2D eigenvalue weighted by atomic mass is 9.76. The van der Waals surface area contributed by atoms with E-state index in [0.717, 1.165) is 58.2 Å². The van der Waals surface area contributed by atoms with E-state index >= 15 is 0 Å². The van der Waals surface area contributed by atoms with Crippen molar-refractivity contribution in [3.8, 4) is 11.1 Å². The van der Waals surface area contributed by atoms with Gasteiger partial charge in [-0.15, -0.1) is 0 Å². The highest BCUT2D eigenvalue weighted by atomic mass is 16.6. The number of hydrogen-bond donors (Lipinski definition) is 1. The third-order valence-corrected chi connectivity index (χ3v) is 9.24. The van der Waals surface area contributed by atoms with Gasteiger partial charge in [0.15, 0.2) is 0 Å². The van der Waals surface area contributed by atoms with Crippen LogP contribution in [-0.4, -0.2) is 36.7 Å². The Morgan fingerprint density at radius 1 is 1.03 bits per heavy atom. The maximum Gasteiger partial charge on any atom is 0.407 e. The molecule has 2 aromatic carbocycles. The van der Waals surface area contributed by atoms with Crippen LogP contribution in [0.25, 0.3) is 11.1 Å². The monoisotopic (exact) mass is 474 g/mol. The summed E-state index contributed by atoms with van der Waals surface area (Å²) in [6.07, 6.45) is 8.80. The highest BCUT2D eigenvalue weighted by Crippen LogP contribution is 2.51. The van der Waals surface area contributed by atoms with Gasteiger partial charge < -0.3 is 10.1 Å². The fourth-order valence-corrected chi connectivity index (χ4v) is 6.75. The summed E-state index contributed by atoms with van der Waals surface area (Å²) < 4.78 is 6.02. The molecular formula is C31H42N2O2. The number of amides is 1. The van der Waals surface area contributed by atoms with Gasteiger partial charge in [-0.3, -0.25) is 4.90 Å². The Kier molecular flexibility index (Phi) is 7.20. The van der Waals surface area contributed by atoms with Crippen molar-refractivity contribution in [2.75, 3.05) is 19.6 Å². The summed E-state index contributed by atoms with van der Waals surface area (Å²) in [7, 11) is 0. The SMILES string of the molecule is CCCCc1ccc(-c2ccc3c(c2)CC(CC)(CC)C3NC(=O)O[C@H]2CN3CCC2CC3)cc1. The second kappa shape index (κ2) is 10.3. The van der Waals surface area contributed by atoms with E-state index in [0.29, 0.717) is 5.92 Å². The van der Waals surface area contributed by atoms with E-state index in [1.54, 1.807) is 0 Å². The lowest BCUT2D eigenvalue weighted by Gasteiger charge is -2.44. The van der Waals surface area contributed by atoms with E-state index in [-0.39, 0.29) is 23.7 Å². The molecule has 0 radical (unpaired) electrons. The molecule has 1 unspecified atom stereocenters. The Morgan fingerprint density at radius 2 is 1.74 bits per heavy atom. The molecule has 1 N–H and O–H groups in total. The highest BCUT2D eigenvalue weighted by molar-refractivity contribution is 5.70. The lowest BCUT2D eigenvalue weighted by Crippen LogP contribution is -2.53. The Labute approximate surface area is 211 Å². The summed E-state index contributed by atoms with van der Waals surface area (Å²) in [5.74, 6) is 0.527. The molecule has 0 aromatic heterocycles. The average Bonchev–Trinajstić information content (AvgIpc) is 3.21. The molecule has 3 heterocycles. The Balaban J connectivity index is 1.33. The summed E-state index contributed by atoms with van der Waals surface area (Å²) in [5.41, 5.74) is 6.63. The minimum atomic E-state index is -0.236. The Hall–Kier alpha value is -2.33. The topological polar surface area (TPSA) is 41.6 Å². The van der Waals surface area contributed by atoms with Gasteiger partial charge >= 0.3 is 6.09 Å². The number of benzene rings is 2. The van der Waals surface area contributed by atoms with Crippen LogP contribution in [0.5, 0.6) is 0 Å². The normalized spacial score (nSPS) is 26.4. The predicted octanol–water partition coefficient (Wildman–Crippen LogP) is 6.92. The quantitative estimate of drug-likeness (QED) is 0.451. The number of rotatable bonds is 8. The summed E-state index contributed by atoms with van der Waals surface area (Å²) >= 11 is 0. The van der Waals surface area contributed by atoms with Crippen LogP contribution in [0.1, 0.15) is 82.0 Å². The molecular weight excluding hydrogens is 432 g/mol. The van der Waals surface area contributed by atoms with Crippen molar-refractivity contribution in [2.24, 2.45) is 11.3 Å². The predicted molar refractivity (Wildman–Crippen MR) is 143 cm³/mol. The van der Waals surface area contributed by atoms with Gasteiger partial charge in [0, 0.05) is 6.54 Å². The number of hydrogen-bond acceptors (Lipinski definition) is 3. The minimum absolute atomic E-state index is 0.00607. The van der Waals surface area contributed by atoms with Gasteiger partial charge in [-0.1, -0.05) is 69.7 Å². The van der Waals surface area contributed by atoms with E-state index in [1.807, 2.05) is 0 Å². The van der Waals surface area contributed by atoms with Gasteiger partial charge in [-0.25, -0.2) is 4.79 Å². The van der Waals surface area contributed by atoms with Gasteiger partial charge in [0.25, 0.3) is 0 Å². The van der Waals surface area contributed by atoms with E-state index < -0.39 is 0 Å². The Morgan fingerprint density at radius 3 is 2.37 bits per heavy atom. The lowest BCUT2D eigenvalue weighted by molar-refractivity contribution is -0.0353. The Bertz CT molecular complexity index is 1020. The zero-order chi connectivity index (χ0) is 24.4. The first-order valence-electron chi connectivity index (χ1n) is 14.0. The third-order valence-electron chi connectivity index (χ3n) is 9.24. The number of nitrogens with zero attached hydrogens (tertiary/aromatic N) is 1. The molecule has 188 valence electrons. The molecule has 0 spiro atoms. The summed E-state index contributed by atoms with van der Waals surface area (Å²) in [6.45, 7) is 9.97. The first kappa shape index (κ1) is 24.4. The van der Waals surface area contributed by atoms with Gasteiger partial charge in [0.2, 0.25) is 0 Å². The van der Waals surface area contributed by atoms with Crippen LogP contribution in [0.2, 0.25) is 0 Å². The van der Waals surface area contributed by atoms with Crippen LogP contribution in [0, 0.1) is 11.3 Å². The van der Waals surface area contributed by atoms with Crippen LogP contribution in [0.15, 0.2) is 42.5 Å². The number of unbranched alkanes of at least 4 members (excludes halogenated alkanes) is 1. The molecule has 2 bridgehead atoms. The number of piperidine rings is 3. The first-order chi connectivity index (χ1) is 17.0. The van der Waals surface area contributed by atoms with E-state index in [9.17, 15) is 4.79 Å². The number of alkyl carbamates (subject to hydrolysis) is 1. The fourth-order valence-electron chi connectivity index (χ4n) is 6.75. The summed E-state index contributed by atoms with van der Waals surface area (Å²) in [4.78, 5) is 15.6. The average molecular weight is 475 g/mol. The number of ether oxygens (including phenoxy) is 1. The molecule has 35 heavy (non-hydrogen) atoms. The first-order valence-corrected chi connectivity index (χ1v) is 14.0. The van der Waals surface area contributed by atoms with Crippen molar-refractivity contribution in [1.29, 1.82) is 0 Å². The van der Waals surface area contributed by atoms with E-state index in [4.69, 9.17) is 4.74 Å². The number of carbonyl (C=O) groups excluding carboxylic acids is 1. The molecule has 1 aliphatic carbocycles. The number of aryl methyl sites for hydroxylation is 1. The smallest absolute Gasteiger partial charge is 0.407 e. The van der Waals surface area contributed by atoms with Crippen molar-refractivity contribution < 1.29 is 9.53 Å². The molecule has 3 saturated heterocycles. The van der Waals surface area contributed by atoms with Gasteiger partial charge in [0.05, 0.1) is 6.04 Å². The van der Waals surface area contributed by atoms with Crippen LogP contribution in [0.4, 0.5) is 4.79 Å². The van der Waals surface area contributed by atoms with Crippen LogP contribution >= 0.6 is 0 Å². The zero-order valence-electron chi connectivity index (χ0n) is 21.8. The van der Waals surface area contributed by atoms with Crippen LogP contribution < -0.4 is 5.32 Å². The standard InChI is InChI=1S/C31H42N2O2/c1-4-7-8-22-9-11-23(12-10-22)25-13-14-27-26(19-25)20-31(5-2,6-3)29(27)32-30(34)35-28-21-33-17-15-24(28)16-18-33/h9-14,19,24,28-29H,4-8,15-18,20-21H2,1-3H3,(H,32,34)/t28-,29?/m0/s1.